The molecule has 0 bridgehead atoms. The van der Waals surface area contributed by atoms with Gasteiger partial charge >= 0.3 is 0 Å². The van der Waals surface area contributed by atoms with Crippen LogP contribution in [0.1, 0.15) is 56.1 Å². The van der Waals surface area contributed by atoms with Gasteiger partial charge in [0, 0.05) is 12.3 Å². The van der Waals surface area contributed by atoms with Crippen LogP contribution in [-0.2, 0) is 6.42 Å². The molecule has 1 saturated carbocycles. The summed E-state index contributed by atoms with van der Waals surface area (Å²) in [5.41, 5.74) is 4.00. The number of allylic oxidation sites excluding steroid dienone is 2. The van der Waals surface area contributed by atoms with Crippen molar-refractivity contribution in [2.45, 2.75) is 70.5 Å². The lowest BCUT2D eigenvalue weighted by atomic mass is 9.88. The molecule has 1 heterocycles. The lowest BCUT2D eigenvalue weighted by Gasteiger charge is -2.19. The van der Waals surface area contributed by atoms with Gasteiger partial charge in [-0.15, -0.1) is 0 Å². The maximum Gasteiger partial charge on any atom is 0.0761 e. The minimum absolute atomic E-state index is 0.181. The number of aliphatic hydroxyl groups excluding tert-OH is 2. The maximum atomic E-state index is 10.6. The highest BCUT2D eigenvalue weighted by Gasteiger charge is 2.43. The first-order chi connectivity index (χ1) is 14.6. The van der Waals surface area contributed by atoms with Crippen molar-refractivity contribution in [1.29, 1.82) is 0 Å². The number of hydrogen-bond acceptors (Lipinski definition) is 3. The van der Waals surface area contributed by atoms with Crippen LogP contribution >= 0.6 is 0 Å². The number of fused-ring (bicyclic) bond motifs is 1. The molecule has 2 aliphatic carbocycles. The average molecular weight is 410 g/mol. The van der Waals surface area contributed by atoms with Gasteiger partial charge in [-0.1, -0.05) is 53.6 Å². The number of aliphatic hydroxyl groups is 2. The molecule has 1 aromatic rings. The van der Waals surface area contributed by atoms with Crippen LogP contribution in [0, 0.1) is 24.7 Å². The molecule has 1 aromatic carbocycles. The molecule has 2 N–H and O–H groups in total. The molecule has 3 heteroatoms. The maximum absolute atomic E-state index is 10.6. The Morgan fingerprint density at radius 2 is 2.03 bits per heavy atom. The molecule has 2 fully saturated rings. The van der Waals surface area contributed by atoms with E-state index in [0.717, 1.165) is 18.4 Å². The zero-order chi connectivity index (χ0) is 20.9. The Hall–Kier alpha value is -1.42. The quantitative estimate of drug-likeness (QED) is 0.460. The fourth-order valence-electron chi connectivity index (χ4n) is 5.89. The van der Waals surface area contributed by atoms with Crippen molar-refractivity contribution in [3.8, 4) is 0 Å². The zero-order valence-corrected chi connectivity index (χ0v) is 18.5. The summed E-state index contributed by atoms with van der Waals surface area (Å²) >= 11 is 0. The number of benzene rings is 1. The van der Waals surface area contributed by atoms with Crippen LogP contribution in [0.2, 0.25) is 0 Å². The van der Waals surface area contributed by atoms with Crippen molar-refractivity contribution in [3.63, 3.8) is 0 Å². The molecule has 0 aromatic heterocycles. The minimum Gasteiger partial charge on any atom is -0.392 e. The minimum atomic E-state index is -0.488. The first-order valence-corrected chi connectivity index (χ1v) is 12.1. The number of aryl methyl sites for hydroxylation is 1. The van der Waals surface area contributed by atoms with Gasteiger partial charge in [0.15, 0.2) is 0 Å². The van der Waals surface area contributed by atoms with E-state index >= 15 is 0 Å². The summed E-state index contributed by atoms with van der Waals surface area (Å²) in [7, 11) is 0. The van der Waals surface area contributed by atoms with Gasteiger partial charge in [-0.05, 0) is 88.9 Å². The predicted octanol–water partition coefficient (Wildman–Crippen LogP) is 4.66. The molecule has 3 nitrogen and oxygen atoms in total. The van der Waals surface area contributed by atoms with Gasteiger partial charge in [0.1, 0.15) is 0 Å². The largest absolute Gasteiger partial charge is 0.392 e. The van der Waals surface area contributed by atoms with Crippen LogP contribution in [0.15, 0.2) is 48.1 Å². The van der Waals surface area contributed by atoms with Gasteiger partial charge in [0.2, 0.25) is 0 Å². The molecular formula is C27H39NO2. The summed E-state index contributed by atoms with van der Waals surface area (Å²) in [6, 6.07) is 8.33. The van der Waals surface area contributed by atoms with E-state index in [1.807, 2.05) is 12.1 Å². The van der Waals surface area contributed by atoms with E-state index < -0.39 is 6.10 Å². The monoisotopic (exact) mass is 409 g/mol. The lowest BCUT2D eigenvalue weighted by Crippen LogP contribution is -2.20. The standard InChI is InChI=1S/C27H39NO2/c1-20-7-6-9-21(15-20)17-24(29)10-11-25-26-18-22(16-23(26)19-27(25)30)8-2-3-12-28-13-4-5-14-28/h6-7,9-11,15-16,23-27,29-30H,2-5,8,12-14,17-19H2,1H3/t23-,24+,25+,26-,27+/m0/s1. The molecule has 5 atom stereocenters. The molecule has 1 saturated heterocycles. The normalized spacial score (nSPS) is 30.2. The van der Waals surface area contributed by atoms with Crippen molar-refractivity contribution in [2.75, 3.05) is 19.6 Å². The SMILES string of the molecule is Cc1cccc(C[C@H](O)C=C[C@@H]2[C@H]3CC(CCCCN4CCCC4)=C[C@H]3C[C@H]2O)c1. The first-order valence-electron chi connectivity index (χ1n) is 12.1. The summed E-state index contributed by atoms with van der Waals surface area (Å²) in [5, 5.41) is 21.1. The van der Waals surface area contributed by atoms with E-state index in [-0.39, 0.29) is 12.0 Å². The van der Waals surface area contributed by atoms with Crippen molar-refractivity contribution in [3.05, 3.63) is 59.2 Å². The molecule has 0 amide bonds. The number of rotatable bonds is 9. The van der Waals surface area contributed by atoms with Crippen molar-refractivity contribution < 1.29 is 10.2 Å². The Labute approximate surface area is 182 Å². The van der Waals surface area contributed by atoms with Crippen LogP contribution in [-0.4, -0.2) is 47.0 Å². The molecule has 3 aliphatic rings. The van der Waals surface area contributed by atoms with Gasteiger partial charge in [-0.3, -0.25) is 0 Å². The topological polar surface area (TPSA) is 43.7 Å². The molecule has 1 aliphatic heterocycles. The fraction of sp³-hybridized carbons (Fsp3) is 0.630. The Balaban J connectivity index is 1.24. The second-order valence-electron chi connectivity index (χ2n) is 9.89. The summed E-state index contributed by atoms with van der Waals surface area (Å²) in [5.74, 6) is 1.23. The van der Waals surface area contributed by atoms with Gasteiger partial charge in [0.25, 0.3) is 0 Å². The highest BCUT2D eigenvalue weighted by Crippen LogP contribution is 2.48. The highest BCUT2D eigenvalue weighted by molar-refractivity contribution is 5.24. The number of hydrogen-bond donors (Lipinski definition) is 2. The van der Waals surface area contributed by atoms with E-state index in [2.05, 4.69) is 42.2 Å². The first kappa shape index (κ1) is 21.8. The van der Waals surface area contributed by atoms with E-state index in [1.54, 1.807) is 5.57 Å². The second kappa shape index (κ2) is 10.3. The molecule has 0 spiro atoms. The Morgan fingerprint density at radius 1 is 1.20 bits per heavy atom. The van der Waals surface area contributed by atoms with Gasteiger partial charge in [-0.25, -0.2) is 0 Å². The summed E-state index contributed by atoms with van der Waals surface area (Å²) in [6.07, 6.45) is 15.0. The molecule has 30 heavy (non-hydrogen) atoms. The number of nitrogens with zero attached hydrogens (tertiary/aromatic N) is 1. The lowest BCUT2D eigenvalue weighted by molar-refractivity contribution is 0.140. The van der Waals surface area contributed by atoms with Crippen LogP contribution in [0.3, 0.4) is 0 Å². The van der Waals surface area contributed by atoms with Crippen molar-refractivity contribution >= 4 is 0 Å². The van der Waals surface area contributed by atoms with Crippen molar-refractivity contribution in [1.82, 2.24) is 4.90 Å². The molecule has 0 unspecified atom stereocenters. The van der Waals surface area contributed by atoms with E-state index in [9.17, 15) is 10.2 Å². The third kappa shape index (κ3) is 5.63. The highest BCUT2D eigenvalue weighted by atomic mass is 16.3. The third-order valence-corrected chi connectivity index (χ3v) is 7.45. The molecule has 4 rings (SSSR count). The zero-order valence-electron chi connectivity index (χ0n) is 18.5. The summed E-state index contributed by atoms with van der Waals surface area (Å²) in [4.78, 5) is 2.61. The van der Waals surface area contributed by atoms with Crippen LogP contribution in [0.5, 0.6) is 0 Å². The van der Waals surface area contributed by atoms with E-state index in [1.165, 1.54) is 57.3 Å². The van der Waals surface area contributed by atoms with Gasteiger partial charge in [0.05, 0.1) is 12.2 Å². The summed E-state index contributed by atoms with van der Waals surface area (Å²) < 4.78 is 0. The second-order valence-corrected chi connectivity index (χ2v) is 9.89. The number of likely N-dealkylation sites (tertiary alicyclic amines) is 1. The fourth-order valence-corrected chi connectivity index (χ4v) is 5.89. The van der Waals surface area contributed by atoms with Crippen molar-refractivity contribution in [2.24, 2.45) is 17.8 Å². The van der Waals surface area contributed by atoms with Gasteiger partial charge < -0.3 is 15.1 Å². The molecule has 164 valence electrons. The van der Waals surface area contributed by atoms with Gasteiger partial charge in [-0.2, -0.15) is 0 Å². The van der Waals surface area contributed by atoms with Crippen LogP contribution < -0.4 is 0 Å². The molecular weight excluding hydrogens is 370 g/mol. The molecule has 0 radical (unpaired) electrons. The Kier molecular flexibility index (Phi) is 7.45. The predicted molar refractivity (Wildman–Crippen MR) is 123 cm³/mol. The van der Waals surface area contributed by atoms with E-state index in [4.69, 9.17) is 0 Å². The Bertz CT molecular complexity index is 749. The van der Waals surface area contributed by atoms with E-state index in [0.29, 0.717) is 18.3 Å². The van der Waals surface area contributed by atoms with Crippen LogP contribution in [0.25, 0.3) is 0 Å². The average Bonchev–Trinajstić information content (AvgIpc) is 3.41. The Morgan fingerprint density at radius 3 is 2.83 bits per heavy atom. The third-order valence-electron chi connectivity index (χ3n) is 7.45. The smallest absolute Gasteiger partial charge is 0.0761 e. The number of unbranched alkanes of at least 4 members (excludes halogenated alkanes) is 1. The summed E-state index contributed by atoms with van der Waals surface area (Å²) in [6.45, 7) is 5.95. The van der Waals surface area contributed by atoms with Crippen LogP contribution in [0.4, 0.5) is 0 Å².